The highest BCUT2D eigenvalue weighted by molar-refractivity contribution is 6.17. The number of carbonyl (C=O) groups is 3. The molecule has 422 valence electrons. The van der Waals surface area contributed by atoms with E-state index in [4.69, 9.17) is 48.4 Å². The lowest BCUT2D eigenvalue weighted by atomic mass is 10.0. The largest absolute Gasteiger partial charge is 0.515 e. The number of hydrogen-bond acceptors (Lipinski definition) is 22. The Morgan fingerprint density at radius 2 is 0.729 bits per heavy atom. The average Bonchev–Trinajstić information content (AvgIpc) is 3.74. The molecule has 9 rings (SSSR count). The minimum Gasteiger partial charge on any atom is -0.515 e. The fourth-order valence-electron chi connectivity index (χ4n) is 7.29. The van der Waals surface area contributed by atoms with Gasteiger partial charge in [-0.2, -0.15) is 15.8 Å². The summed E-state index contributed by atoms with van der Waals surface area (Å²) in [7, 11) is 3.86. The van der Waals surface area contributed by atoms with Gasteiger partial charge in [-0.3, -0.25) is 4.79 Å². The fraction of sp³-hybridized carbons (Fsp3) is 0.0794. The fourth-order valence-corrected chi connectivity index (χ4v) is 7.29. The molecule has 3 aromatic heterocycles. The van der Waals surface area contributed by atoms with Gasteiger partial charge in [-0.25, -0.2) is 39.5 Å². The second-order valence-electron chi connectivity index (χ2n) is 16.6. The standard InChI is InChI=1S/C22H17N3O4.C21H15N3O5.C20H15N3O4/c1-3-16(22(26)27-2)17-9-5-7-11-19(17)29-21-12-20(24-14-25-21)28-18-10-6-4-8-15(18)13-23;1-27-21(26)16(12-25)15-7-3-5-9-18(15)29-20-10-19(23-13-24-20)28-17-8-4-2-6-14(17)11-22;1-25-20(24)10-14-6-2-4-8-16(14)26-18-11-19(23-13-22-18)27-17-9-5-3-7-15(17)12-21/h3-12,14H,1-2H3;2-10,12-13,25H,1H3;2-9,11,13H,10H2,1H3/b16-3+;16-12+;. The maximum absolute atomic E-state index is 12.0. The van der Waals surface area contributed by atoms with Crippen molar-refractivity contribution in [3.05, 3.63) is 228 Å². The number of benzene rings is 6. The van der Waals surface area contributed by atoms with Crippen LogP contribution < -0.4 is 28.4 Å². The van der Waals surface area contributed by atoms with Gasteiger partial charge in [0.15, 0.2) is 0 Å². The van der Waals surface area contributed by atoms with Crippen LogP contribution in [0.3, 0.4) is 0 Å². The Bertz CT molecular complexity index is 3850. The van der Waals surface area contributed by atoms with Crippen LogP contribution in [0.15, 0.2) is 195 Å². The molecule has 0 aliphatic heterocycles. The van der Waals surface area contributed by atoms with Crippen LogP contribution in [0, 0.1) is 34.0 Å². The van der Waals surface area contributed by atoms with Crippen LogP contribution in [0.1, 0.15) is 40.3 Å². The first-order chi connectivity index (χ1) is 41.5. The van der Waals surface area contributed by atoms with E-state index in [1.807, 2.05) is 6.07 Å². The summed E-state index contributed by atoms with van der Waals surface area (Å²) in [5, 5.41) is 36.9. The van der Waals surface area contributed by atoms with Gasteiger partial charge in [0, 0.05) is 16.7 Å². The van der Waals surface area contributed by atoms with Crippen LogP contribution >= 0.6 is 0 Å². The number of carbonyl (C=O) groups excluding carboxylic acids is 3. The van der Waals surface area contributed by atoms with Gasteiger partial charge in [0.1, 0.15) is 77.3 Å². The predicted molar refractivity (Wildman–Crippen MR) is 303 cm³/mol. The average molecular weight is 1140 g/mol. The van der Waals surface area contributed by atoms with Crippen LogP contribution in [0.4, 0.5) is 0 Å². The van der Waals surface area contributed by atoms with Gasteiger partial charge in [0.25, 0.3) is 0 Å². The van der Waals surface area contributed by atoms with Crippen molar-refractivity contribution in [2.45, 2.75) is 13.3 Å². The van der Waals surface area contributed by atoms with Crippen molar-refractivity contribution in [3.63, 3.8) is 0 Å². The molecular weight excluding hydrogens is 1090 g/mol. The third kappa shape index (κ3) is 16.8. The summed E-state index contributed by atoms with van der Waals surface area (Å²) in [6.45, 7) is 1.74. The lowest BCUT2D eigenvalue weighted by molar-refractivity contribution is -0.140. The zero-order valence-electron chi connectivity index (χ0n) is 45.6. The van der Waals surface area contributed by atoms with Crippen molar-refractivity contribution >= 4 is 29.1 Å². The summed E-state index contributed by atoms with van der Waals surface area (Å²) >= 11 is 0. The van der Waals surface area contributed by atoms with Gasteiger partial charge < -0.3 is 47.7 Å². The van der Waals surface area contributed by atoms with Crippen molar-refractivity contribution in [1.82, 2.24) is 29.9 Å². The quantitative estimate of drug-likeness (QED) is 0.0361. The van der Waals surface area contributed by atoms with Gasteiger partial charge in [-0.1, -0.05) is 97.1 Å². The minimum atomic E-state index is -0.719. The molecule has 85 heavy (non-hydrogen) atoms. The molecule has 0 aliphatic carbocycles. The van der Waals surface area contributed by atoms with Crippen LogP contribution in [0.25, 0.3) is 11.1 Å². The number of ether oxygens (including phenoxy) is 9. The van der Waals surface area contributed by atoms with E-state index in [2.05, 4.69) is 46.8 Å². The molecule has 0 aliphatic rings. The highest BCUT2D eigenvalue weighted by Crippen LogP contribution is 2.35. The van der Waals surface area contributed by atoms with Crippen molar-refractivity contribution in [2.75, 3.05) is 21.3 Å². The van der Waals surface area contributed by atoms with Gasteiger partial charge in [-0.15, -0.1) is 0 Å². The molecule has 0 spiro atoms. The molecule has 1 N–H and O–H groups in total. The third-order valence-corrected chi connectivity index (χ3v) is 11.3. The van der Waals surface area contributed by atoms with E-state index in [9.17, 15) is 24.8 Å². The normalized spacial score (nSPS) is 10.5. The number of hydrogen-bond donors (Lipinski definition) is 1. The molecule has 3 heterocycles. The second kappa shape index (κ2) is 30.8. The number of nitriles is 3. The minimum absolute atomic E-state index is 0.0726. The molecule has 0 fully saturated rings. The van der Waals surface area contributed by atoms with Gasteiger partial charge in [-0.05, 0) is 61.5 Å². The SMILES string of the molecule is C/C=C(/C(=O)OC)c1ccccc1Oc1cc(Oc2ccccc2C#N)ncn1.COC(=O)/C(=C/O)c1ccccc1Oc1cc(Oc2ccccc2C#N)ncn1.COC(=O)Cc1ccccc1Oc1cc(Oc2ccccc2C#N)ncn1. The summed E-state index contributed by atoms with van der Waals surface area (Å²) < 4.78 is 48.7. The van der Waals surface area contributed by atoms with Gasteiger partial charge in [0.2, 0.25) is 35.3 Å². The molecule has 0 radical (unpaired) electrons. The van der Waals surface area contributed by atoms with Crippen LogP contribution in [-0.2, 0) is 35.0 Å². The molecule has 6 aromatic carbocycles. The maximum atomic E-state index is 12.0. The summed E-state index contributed by atoms with van der Waals surface area (Å²) in [5.41, 5.74) is 2.98. The van der Waals surface area contributed by atoms with E-state index < -0.39 is 11.9 Å². The zero-order chi connectivity index (χ0) is 60.3. The number of aliphatic hydroxyl groups is 1. The Hall–Kier alpha value is -12.5. The number of aliphatic hydroxyl groups excluding tert-OH is 1. The molecule has 0 atom stereocenters. The molecule has 0 bridgehead atoms. The topological polar surface area (TPSA) is 303 Å². The van der Waals surface area contributed by atoms with E-state index >= 15 is 0 Å². The second-order valence-corrected chi connectivity index (χ2v) is 16.6. The number of para-hydroxylation sites is 6. The molecule has 22 heteroatoms. The smallest absolute Gasteiger partial charge is 0.341 e. The zero-order valence-corrected chi connectivity index (χ0v) is 45.6. The highest BCUT2D eigenvalue weighted by Gasteiger charge is 2.20. The van der Waals surface area contributed by atoms with E-state index in [-0.39, 0.29) is 59.0 Å². The van der Waals surface area contributed by atoms with E-state index in [1.165, 1.54) is 58.5 Å². The van der Waals surface area contributed by atoms with Crippen molar-refractivity contribution < 1.29 is 62.1 Å². The van der Waals surface area contributed by atoms with E-state index in [1.54, 1.807) is 159 Å². The number of rotatable bonds is 18. The summed E-state index contributed by atoms with van der Waals surface area (Å²) in [6.07, 6.45) is 6.21. The molecule has 0 unspecified atom stereocenters. The first kappa shape index (κ1) is 60.2. The lowest BCUT2D eigenvalue weighted by Gasteiger charge is -2.12. The third-order valence-electron chi connectivity index (χ3n) is 11.3. The van der Waals surface area contributed by atoms with Crippen LogP contribution in [0.5, 0.6) is 69.8 Å². The van der Waals surface area contributed by atoms with Gasteiger partial charge in [0.05, 0.1) is 74.5 Å². The first-order valence-corrected chi connectivity index (χ1v) is 25.0. The summed E-state index contributed by atoms with van der Waals surface area (Å²) in [4.78, 5) is 59.8. The predicted octanol–water partition coefficient (Wildman–Crippen LogP) is 12.2. The van der Waals surface area contributed by atoms with Crippen molar-refractivity contribution in [3.8, 4) is 88.0 Å². The first-order valence-electron chi connectivity index (χ1n) is 25.0. The van der Waals surface area contributed by atoms with E-state index in [0.29, 0.717) is 74.0 Å². The maximum Gasteiger partial charge on any atom is 0.341 e. The molecule has 0 amide bonds. The van der Waals surface area contributed by atoms with Crippen LogP contribution in [0.2, 0.25) is 0 Å². The molecule has 0 saturated heterocycles. The molecule has 9 aromatic rings. The number of methoxy groups -OCH3 is 3. The summed E-state index contributed by atoms with van der Waals surface area (Å²) in [6, 6.07) is 51.7. The van der Waals surface area contributed by atoms with Crippen molar-refractivity contribution in [2.24, 2.45) is 0 Å². The number of esters is 3. The Morgan fingerprint density at radius 1 is 0.424 bits per heavy atom. The number of nitrogens with zero attached hydrogens (tertiary/aromatic N) is 9. The molecular formula is C63H47N9O13. The van der Waals surface area contributed by atoms with E-state index in [0.717, 1.165) is 0 Å². The lowest BCUT2D eigenvalue weighted by Crippen LogP contribution is -2.05. The summed E-state index contributed by atoms with van der Waals surface area (Å²) in [5.74, 6) is 1.93. The highest BCUT2D eigenvalue weighted by atomic mass is 16.5. The van der Waals surface area contributed by atoms with Gasteiger partial charge >= 0.3 is 17.9 Å². The molecule has 0 saturated carbocycles. The van der Waals surface area contributed by atoms with Crippen molar-refractivity contribution in [1.29, 1.82) is 15.8 Å². The van der Waals surface area contributed by atoms with Crippen LogP contribution in [-0.4, -0.2) is 74.2 Å². The number of aromatic nitrogens is 6. The molecule has 22 nitrogen and oxygen atoms in total. The Balaban J connectivity index is 0.000000183. The number of allylic oxidation sites excluding steroid dienone is 1. The Kier molecular flexibility index (Phi) is 21.8. The Labute approximate surface area is 486 Å². The Morgan fingerprint density at radius 3 is 1.08 bits per heavy atom. The monoisotopic (exact) mass is 1140 g/mol.